The number of aromatic nitrogens is 1. The predicted octanol–water partition coefficient (Wildman–Crippen LogP) is 3.84. The van der Waals surface area contributed by atoms with Gasteiger partial charge in [-0.2, -0.15) is 0 Å². The Balaban J connectivity index is 1.80. The van der Waals surface area contributed by atoms with E-state index in [2.05, 4.69) is 4.98 Å². The van der Waals surface area contributed by atoms with Crippen molar-refractivity contribution in [1.82, 2.24) is 4.98 Å². The van der Waals surface area contributed by atoms with Crippen LogP contribution in [0, 0.1) is 6.92 Å². The number of esters is 1. The van der Waals surface area contributed by atoms with Gasteiger partial charge < -0.3 is 23.9 Å². The summed E-state index contributed by atoms with van der Waals surface area (Å²) in [5.41, 5.74) is 3.25. The molecule has 1 aliphatic rings. The third kappa shape index (κ3) is 4.51. The lowest BCUT2D eigenvalue weighted by Crippen LogP contribution is -2.19. The number of H-pyrrole nitrogens is 1. The fourth-order valence-electron chi connectivity index (χ4n) is 3.93. The van der Waals surface area contributed by atoms with Gasteiger partial charge in [-0.3, -0.25) is 4.79 Å². The standard InChI is InChI=1S/C23H29NO6/c1-5-8-29-9-10-30-23(26)22-14(2)21-18(24-22)11-15(12-19(21)25)17-13-16(27-3)6-7-20(17)28-4/h6-7,13,15,24H,5,8-12H2,1-4H3/t15-/m0/s1. The first kappa shape index (κ1) is 21.9. The SMILES string of the molecule is CCCOCCOC(=O)c1[nH]c2c(c1C)C(=O)C[C@@H](c1cc(OC)ccc1OC)C2. The molecule has 0 amide bonds. The molecule has 2 aromatic rings. The summed E-state index contributed by atoms with van der Waals surface area (Å²) in [6, 6.07) is 5.58. The lowest BCUT2D eigenvalue weighted by molar-refractivity contribution is 0.0312. The molecule has 0 saturated carbocycles. The van der Waals surface area contributed by atoms with Crippen molar-refractivity contribution in [3.63, 3.8) is 0 Å². The van der Waals surface area contributed by atoms with Crippen LogP contribution < -0.4 is 9.47 Å². The number of rotatable bonds is 9. The van der Waals surface area contributed by atoms with Gasteiger partial charge in [-0.1, -0.05) is 6.92 Å². The maximum absolute atomic E-state index is 12.9. The summed E-state index contributed by atoms with van der Waals surface area (Å²) in [5.74, 6) is 0.892. The summed E-state index contributed by atoms with van der Waals surface area (Å²) in [6.45, 7) is 4.97. The Bertz CT molecular complexity index is 917. The van der Waals surface area contributed by atoms with Gasteiger partial charge >= 0.3 is 5.97 Å². The highest BCUT2D eigenvalue weighted by Crippen LogP contribution is 2.40. The van der Waals surface area contributed by atoms with Crippen molar-refractivity contribution in [2.75, 3.05) is 34.0 Å². The molecule has 1 N–H and O–H groups in total. The van der Waals surface area contributed by atoms with E-state index in [1.54, 1.807) is 21.1 Å². The van der Waals surface area contributed by atoms with E-state index in [0.29, 0.717) is 54.4 Å². The third-order valence-corrected chi connectivity index (χ3v) is 5.38. The van der Waals surface area contributed by atoms with Gasteiger partial charge in [0.25, 0.3) is 0 Å². The van der Waals surface area contributed by atoms with Gasteiger partial charge in [0.15, 0.2) is 5.78 Å². The summed E-state index contributed by atoms with van der Waals surface area (Å²) in [7, 11) is 3.22. The van der Waals surface area contributed by atoms with Gasteiger partial charge in [0.05, 0.1) is 20.8 Å². The summed E-state index contributed by atoms with van der Waals surface area (Å²) < 4.78 is 21.5. The Labute approximate surface area is 176 Å². The van der Waals surface area contributed by atoms with Crippen molar-refractivity contribution in [2.45, 2.75) is 39.0 Å². The van der Waals surface area contributed by atoms with E-state index in [1.165, 1.54) is 0 Å². The average molecular weight is 415 g/mol. The number of ketones is 1. The van der Waals surface area contributed by atoms with Crippen molar-refractivity contribution in [2.24, 2.45) is 0 Å². The molecule has 0 aliphatic heterocycles. The van der Waals surface area contributed by atoms with E-state index >= 15 is 0 Å². The average Bonchev–Trinajstić information content (AvgIpc) is 3.09. The summed E-state index contributed by atoms with van der Waals surface area (Å²) in [5, 5.41) is 0. The fraction of sp³-hybridized carbons (Fsp3) is 0.478. The molecule has 3 rings (SSSR count). The van der Waals surface area contributed by atoms with Crippen molar-refractivity contribution in [3.8, 4) is 11.5 Å². The van der Waals surface area contributed by atoms with Crippen LogP contribution in [-0.2, 0) is 15.9 Å². The molecule has 1 heterocycles. The third-order valence-electron chi connectivity index (χ3n) is 5.38. The Morgan fingerprint density at radius 2 is 1.93 bits per heavy atom. The summed E-state index contributed by atoms with van der Waals surface area (Å²) in [6.07, 6.45) is 1.85. The molecule has 30 heavy (non-hydrogen) atoms. The molecule has 0 bridgehead atoms. The Kier molecular flexibility index (Phi) is 7.15. The zero-order chi connectivity index (χ0) is 21.7. The van der Waals surface area contributed by atoms with Crippen LogP contribution in [0.3, 0.4) is 0 Å². The summed E-state index contributed by atoms with van der Waals surface area (Å²) >= 11 is 0. The molecule has 1 atom stereocenters. The number of benzene rings is 1. The lowest BCUT2D eigenvalue weighted by atomic mass is 9.81. The fourth-order valence-corrected chi connectivity index (χ4v) is 3.93. The number of hydrogen-bond donors (Lipinski definition) is 1. The van der Waals surface area contributed by atoms with Crippen LogP contribution in [0.2, 0.25) is 0 Å². The van der Waals surface area contributed by atoms with Gasteiger partial charge in [0.1, 0.15) is 23.8 Å². The topological polar surface area (TPSA) is 86.9 Å². The Morgan fingerprint density at radius 3 is 2.63 bits per heavy atom. The van der Waals surface area contributed by atoms with Crippen LogP contribution in [-0.4, -0.2) is 50.8 Å². The molecule has 0 spiro atoms. The molecule has 0 saturated heterocycles. The smallest absolute Gasteiger partial charge is 0.355 e. The van der Waals surface area contributed by atoms with Gasteiger partial charge in [-0.15, -0.1) is 0 Å². The maximum Gasteiger partial charge on any atom is 0.355 e. The zero-order valence-electron chi connectivity index (χ0n) is 18.0. The van der Waals surface area contributed by atoms with Crippen molar-refractivity contribution in [3.05, 3.63) is 46.3 Å². The second kappa shape index (κ2) is 9.80. The van der Waals surface area contributed by atoms with Crippen molar-refractivity contribution in [1.29, 1.82) is 0 Å². The number of carbonyl (C=O) groups excluding carboxylic acids is 2. The van der Waals surface area contributed by atoms with Crippen LogP contribution in [0.5, 0.6) is 11.5 Å². The van der Waals surface area contributed by atoms with Crippen LogP contribution in [0.4, 0.5) is 0 Å². The first-order valence-corrected chi connectivity index (χ1v) is 10.2. The molecular weight excluding hydrogens is 386 g/mol. The quantitative estimate of drug-likeness (QED) is 0.495. The molecule has 0 radical (unpaired) electrons. The van der Waals surface area contributed by atoms with Gasteiger partial charge in [0, 0.05) is 35.8 Å². The van der Waals surface area contributed by atoms with Crippen molar-refractivity contribution < 1.29 is 28.5 Å². The Morgan fingerprint density at radius 1 is 1.13 bits per heavy atom. The van der Waals surface area contributed by atoms with E-state index in [0.717, 1.165) is 17.7 Å². The van der Waals surface area contributed by atoms with E-state index in [9.17, 15) is 9.59 Å². The molecule has 1 aliphatic carbocycles. The van der Waals surface area contributed by atoms with E-state index in [1.807, 2.05) is 25.1 Å². The molecule has 0 unspecified atom stereocenters. The van der Waals surface area contributed by atoms with E-state index in [-0.39, 0.29) is 18.3 Å². The second-order valence-corrected chi connectivity index (χ2v) is 7.36. The van der Waals surface area contributed by atoms with Gasteiger partial charge in [0.2, 0.25) is 0 Å². The number of ether oxygens (including phenoxy) is 4. The normalized spacial score (nSPS) is 15.6. The lowest BCUT2D eigenvalue weighted by Gasteiger charge is -2.24. The van der Waals surface area contributed by atoms with Gasteiger partial charge in [-0.25, -0.2) is 4.79 Å². The molecule has 7 heteroatoms. The number of methoxy groups -OCH3 is 2. The second-order valence-electron chi connectivity index (χ2n) is 7.36. The van der Waals surface area contributed by atoms with Crippen molar-refractivity contribution >= 4 is 11.8 Å². The highest BCUT2D eigenvalue weighted by molar-refractivity contribution is 6.03. The maximum atomic E-state index is 12.9. The number of carbonyl (C=O) groups is 2. The minimum Gasteiger partial charge on any atom is -0.497 e. The van der Waals surface area contributed by atoms with Crippen LogP contribution in [0.1, 0.15) is 63.4 Å². The first-order valence-electron chi connectivity index (χ1n) is 10.2. The number of fused-ring (bicyclic) bond motifs is 1. The van der Waals surface area contributed by atoms with Gasteiger partial charge in [-0.05, 0) is 43.5 Å². The van der Waals surface area contributed by atoms with Crippen LogP contribution in [0.15, 0.2) is 18.2 Å². The molecular formula is C23H29NO6. The van der Waals surface area contributed by atoms with Crippen LogP contribution in [0.25, 0.3) is 0 Å². The Hall–Kier alpha value is -2.80. The van der Waals surface area contributed by atoms with E-state index in [4.69, 9.17) is 18.9 Å². The molecule has 1 aromatic heterocycles. The highest BCUT2D eigenvalue weighted by Gasteiger charge is 2.33. The monoisotopic (exact) mass is 415 g/mol. The largest absolute Gasteiger partial charge is 0.497 e. The molecule has 7 nitrogen and oxygen atoms in total. The molecule has 162 valence electrons. The number of aromatic amines is 1. The highest BCUT2D eigenvalue weighted by atomic mass is 16.6. The van der Waals surface area contributed by atoms with Crippen LogP contribution >= 0.6 is 0 Å². The first-order chi connectivity index (χ1) is 14.5. The minimum absolute atomic E-state index is 0.00482. The summed E-state index contributed by atoms with van der Waals surface area (Å²) in [4.78, 5) is 28.6. The number of hydrogen-bond acceptors (Lipinski definition) is 6. The number of Topliss-reactive ketones (excluding diaryl/α,β-unsaturated/α-hetero) is 1. The molecule has 1 aromatic carbocycles. The molecule has 0 fully saturated rings. The predicted molar refractivity (Wildman–Crippen MR) is 112 cm³/mol. The van der Waals surface area contributed by atoms with E-state index < -0.39 is 5.97 Å². The number of nitrogens with one attached hydrogen (secondary N) is 1. The zero-order valence-corrected chi connectivity index (χ0v) is 18.0. The minimum atomic E-state index is -0.467.